The predicted octanol–water partition coefficient (Wildman–Crippen LogP) is 6.62. The Labute approximate surface area is 208 Å². The van der Waals surface area contributed by atoms with Crippen molar-refractivity contribution >= 4 is 46.0 Å². The fourth-order valence-corrected chi connectivity index (χ4v) is 3.93. The third kappa shape index (κ3) is 5.13. The number of nitrogens with one attached hydrogen (secondary N) is 2. The minimum atomic E-state index is -0.355. The van der Waals surface area contributed by atoms with Gasteiger partial charge in [-0.1, -0.05) is 53.5 Å². The van der Waals surface area contributed by atoms with Crippen molar-refractivity contribution < 1.29 is 4.79 Å². The van der Waals surface area contributed by atoms with Crippen LogP contribution < -0.4 is 10.6 Å². The van der Waals surface area contributed by atoms with Crippen LogP contribution in [0.3, 0.4) is 0 Å². The number of benzene rings is 2. The topological polar surface area (TPSA) is 79.8 Å². The van der Waals surface area contributed by atoms with Gasteiger partial charge in [0.05, 0.1) is 11.1 Å². The molecule has 2 N–H and O–H groups in total. The number of aromatic nitrogens is 3. The summed E-state index contributed by atoms with van der Waals surface area (Å²) in [5.74, 6) is 0.245. The number of carbonyl (C=O) groups is 1. The molecule has 0 aliphatic rings. The number of hydrogen-bond acceptors (Lipinski definition) is 5. The molecule has 0 saturated carbocycles. The first-order valence-corrected chi connectivity index (χ1v) is 11.8. The van der Waals surface area contributed by atoms with E-state index in [9.17, 15) is 4.79 Å². The molecule has 8 heteroatoms. The molecule has 4 rings (SSSR count). The second-order valence-corrected chi connectivity index (χ2v) is 9.41. The highest BCUT2D eigenvalue weighted by Crippen LogP contribution is 2.38. The van der Waals surface area contributed by atoms with Gasteiger partial charge >= 0.3 is 0 Å². The van der Waals surface area contributed by atoms with Crippen molar-refractivity contribution in [1.29, 1.82) is 0 Å². The Balaban J connectivity index is 2.03. The fourth-order valence-electron chi connectivity index (χ4n) is 3.57. The minimum absolute atomic E-state index is 0.0489. The van der Waals surface area contributed by atoms with Gasteiger partial charge in [0.25, 0.3) is 5.91 Å². The van der Waals surface area contributed by atoms with E-state index in [1.54, 1.807) is 0 Å². The van der Waals surface area contributed by atoms with Gasteiger partial charge in [-0.15, -0.1) is 0 Å². The van der Waals surface area contributed by atoms with Gasteiger partial charge < -0.3 is 10.6 Å². The second kappa shape index (κ2) is 9.95. The number of rotatable bonds is 6. The van der Waals surface area contributed by atoms with Crippen molar-refractivity contribution in [2.75, 3.05) is 5.32 Å². The summed E-state index contributed by atoms with van der Waals surface area (Å²) in [7, 11) is 0. The van der Waals surface area contributed by atoms with Crippen LogP contribution in [-0.4, -0.2) is 32.9 Å². The largest absolute Gasteiger partial charge is 0.367 e. The van der Waals surface area contributed by atoms with Crippen LogP contribution in [-0.2, 0) is 0 Å². The lowest BCUT2D eigenvalue weighted by atomic mass is 9.98. The Kier molecular flexibility index (Phi) is 7.00. The van der Waals surface area contributed by atoms with E-state index >= 15 is 0 Å². The predicted molar refractivity (Wildman–Crippen MR) is 140 cm³/mol. The summed E-state index contributed by atoms with van der Waals surface area (Å²) in [4.78, 5) is 26.7. The molecule has 1 amide bonds. The van der Waals surface area contributed by atoms with Crippen molar-refractivity contribution in [3.8, 4) is 22.4 Å². The van der Waals surface area contributed by atoms with Crippen molar-refractivity contribution in [3.63, 3.8) is 0 Å². The molecule has 0 aliphatic carbocycles. The van der Waals surface area contributed by atoms with E-state index in [-0.39, 0.29) is 23.8 Å². The highest BCUT2D eigenvalue weighted by atomic mass is 35.5. The van der Waals surface area contributed by atoms with Gasteiger partial charge in [-0.25, -0.2) is 15.0 Å². The molecule has 0 saturated heterocycles. The third-order valence-electron chi connectivity index (χ3n) is 5.02. The number of hydrogen-bond donors (Lipinski definition) is 2. The highest BCUT2D eigenvalue weighted by Gasteiger charge is 2.20. The monoisotopic (exact) mass is 493 g/mol. The summed E-state index contributed by atoms with van der Waals surface area (Å²) in [5.41, 5.74) is 3.60. The van der Waals surface area contributed by atoms with Crippen LogP contribution >= 0.6 is 23.2 Å². The molecule has 6 nitrogen and oxygen atoms in total. The molecule has 0 aliphatic heterocycles. The normalized spacial score (nSPS) is 11.3. The maximum Gasteiger partial charge on any atom is 0.289 e. The number of carbonyl (C=O) groups excluding carboxylic acids is 1. The Hall–Kier alpha value is -3.22. The molecule has 0 unspecified atom stereocenters. The Bertz CT molecular complexity index is 1350. The summed E-state index contributed by atoms with van der Waals surface area (Å²) >= 11 is 12.7. The van der Waals surface area contributed by atoms with Gasteiger partial charge in [0, 0.05) is 33.3 Å². The molecular weight excluding hydrogens is 469 g/mol. The molecule has 2 aromatic carbocycles. The first-order chi connectivity index (χ1) is 16.2. The van der Waals surface area contributed by atoms with E-state index in [2.05, 4.69) is 20.6 Å². The molecular formula is C26H25Cl2N5O. The van der Waals surface area contributed by atoms with Gasteiger partial charge in [-0.05, 0) is 57.5 Å². The lowest BCUT2D eigenvalue weighted by Gasteiger charge is -2.17. The van der Waals surface area contributed by atoms with Crippen molar-refractivity contribution in [3.05, 3.63) is 70.5 Å². The zero-order valence-electron chi connectivity index (χ0n) is 19.4. The number of nitrogens with zero attached hydrogens (tertiary/aromatic N) is 3. The summed E-state index contributed by atoms with van der Waals surface area (Å²) in [5, 5.41) is 8.10. The van der Waals surface area contributed by atoms with Crippen LogP contribution in [0.1, 0.15) is 38.3 Å². The zero-order chi connectivity index (χ0) is 24.4. The molecule has 4 aromatic rings. The summed E-state index contributed by atoms with van der Waals surface area (Å²) in [6.45, 7) is 7.79. The fraction of sp³-hybridized carbons (Fsp3) is 0.231. The van der Waals surface area contributed by atoms with Gasteiger partial charge in [0.1, 0.15) is 5.82 Å². The van der Waals surface area contributed by atoms with E-state index in [4.69, 9.17) is 28.2 Å². The van der Waals surface area contributed by atoms with Crippen LogP contribution in [0.15, 0.2) is 54.6 Å². The standard InChI is InChI=1S/C26H25Cl2N5O/c1-14(2)29-23-20-13-19(16-9-11-17(27)12-10-16)22(18-7-5-6-8-21(18)28)31-24(20)33-25(32-23)26(34)30-15(3)4/h5-15H,1-4H3,(H,30,34)(H,29,31,32,33). The van der Waals surface area contributed by atoms with E-state index in [1.807, 2.05) is 82.3 Å². The molecule has 0 radical (unpaired) electrons. The molecule has 2 aromatic heterocycles. The van der Waals surface area contributed by atoms with Gasteiger partial charge in [-0.2, -0.15) is 0 Å². The first kappa shape index (κ1) is 23.9. The molecule has 0 atom stereocenters. The van der Waals surface area contributed by atoms with Gasteiger partial charge in [-0.3, -0.25) is 4.79 Å². The average Bonchev–Trinajstić information content (AvgIpc) is 2.78. The lowest BCUT2D eigenvalue weighted by molar-refractivity contribution is 0.0933. The van der Waals surface area contributed by atoms with Crippen molar-refractivity contribution in [2.24, 2.45) is 0 Å². The number of fused-ring (bicyclic) bond motifs is 1. The SMILES string of the molecule is CC(C)NC(=O)c1nc(NC(C)C)c2cc(-c3ccc(Cl)cc3)c(-c3ccccc3Cl)nc2n1. The lowest BCUT2D eigenvalue weighted by Crippen LogP contribution is -2.32. The average molecular weight is 494 g/mol. The van der Waals surface area contributed by atoms with Crippen LogP contribution in [0.4, 0.5) is 5.82 Å². The highest BCUT2D eigenvalue weighted by molar-refractivity contribution is 6.33. The first-order valence-electron chi connectivity index (χ1n) is 11.0. The van der Waals surface area contributed by atoms with Crippen LogP contribution in [0.5, 0.6) is 0 Å². The molecule has 0 bridgehead atoms. The Morgan fingerprint density at radius 2 is 1.56 bits per heavy atom. The molecule has 0 spiro atoms. The van der Waals surface area contributed by atoms with Crippen LogP contribution in [0.2, 0.25) is 10.0 Å². The van der Waals surface area contributed by atoms with Crippen LogP contribution in [0, 0.1) is 0 Å². The quantitative estimate of drug-likeness (QED) is 0.315. The Morgan fingerprint density at radius 1 is 0.853 bits per heavy atom. The van der Waals surface area contributed by atoms with E-state index < -0.39 is 0 Å². The Morgan fingerprint density at radius 3 is 2.21 bits per heavy atom. The van der Waals surface area contributed by atoms with Crippen LogP contribution in [0.25, 0.3) is 33.4 Å². The molecule has 0 fully saturated rings. The van der Waals surface area contributed by atoms with Gasteiger partial charge in [0.2, 0.25) is 5.82 Å². The summed E-state index contributed by atoms with van der Waals surface area (Å²) in [6.07, 6.45) is 0. The zero-order valence-corrected chi connectivity index (χ0v) is 20.9. The number of halogens is 2. The maximum atomic E-state index is 12.7. The smallest absolute Gasteiger partial charge is 0.289 e. The van der Waals surface area contributed by atoms with Crippen molar-refractivity contribution in [1.82, 2.24) is 20.3 Å². The summed E-state index contributed by atoms with van der Waals surface area (Å²) in [6, 6.07) is 17.1. The summed E-state index contributed by atoms with van der Waals surface area (Å²) < 4.78 is 0. The second-order valence-electron chi connectivity index (χ2n) is 8.57. The number of anilines is 1. The number of amides is 1. The van der Waals surface area contributed by atoms with Gasteiger partial charge in [0.15, 0.2) is 5.65 Å². The third-order valence-corrected chi connectivity index (χ3v) is 5.60. The molecule has 2 heterocycles. The molecule has 174 valence electrons. The van der Waals surface area contributed by atoms with E-state index in [1.165, 1.54) is 0 Å². The van der Waals surface area contributed by atoms with Crippen molar-refractivity contribution in [2.45, 2.75) is 39.8 Å². The minimum Gasteiger partial charge on any atom is -0.367 e. The number of pyridine rings is 1. The molecule has 34 heavy (non-hydrogen) atoms. The van der Waals surface area contributed by atoms with E-state index in [0.29, 0.717) is 32.6 Å². The van der Waals surface area contributed by atoms with E-state index in [0.717, 1.165) is 16.7 Å². The maximum absolute atomic E-state index is 12.7.